The molecule has 0 aliphatic heterocycles. The first-order valence-corrected chi connectivity index (χ1v) is 10.8. The molecule has 0 aliphatic rings. The van der Waals surface area contributed by atoms with Crippen molar-refractivity contribution in [3.05, 3.63) is 71.0 Å². The number of carbonyl (C=O) groups is 2. The topological polar surface area (TPSA) is 52.6 Å². The first-order valence-electron chi connectivity index (χ1n) is 10.8. The molecule has 0 aliphatic carbocycles. The Morgan fingerprint density at radius 3 is 1.77 bits per heavy atom. The Morgan fingerprint density at radius 2 is 1.20 bits per heavy atom. The molecule has 0 amide bonds. The Labute approximate surface area is 178 Å². The van der Waals surface area contributed by atoms with E-state index in [0.29, 0.717) is 24.2 Å². The molecule has 2 rings (SSSR count). The fourth-order valence-electron chi connectivity index (χ4n) is 3.05. The summed E-state index contributed by atoms with van der Waals surface area (Å²) in [5.74, 6) is -1.13. The molecule has 0 bridgehead atoms. The minimum absolute atomic E-state index is 0.201. The van der Waals surface area contributed by atoms with Crippen molar-refractivity contribution in [2.24, 2.45) is 0 Å². The van der Waals surface area contributed by atoms with Gasteiger partial charge in [0.15, 0.2) is 0 Å². The van der Waals surface area contributed by atoms with Crippen molar-refractivity contribution in [1.82, 2.24) is 0 Å². The van der Waals surface area contributed by atoms with Crippen LogP contribution in [0.5, 0.6) is 0 Å². The molecule has 4 nitrogen and oxygen atoms in total. The Balaban J connectivity index is 1.65. The van der Waals surface area contributed by atoms with Crippen LogP contribution < -0.4 is 0 Å². The Morgan fingerprint density at radius 1 is 0.700 bits per heavy atom. The van der Waals surface area contributed by atoms with Crippen LogP contribution in [0.4, 0.5) is 4.39 Å². The van der Waals surface area contributed by atoms with E-state index in [9.17, 15) is 14.0 Å². The van der Waals surface area contributed by atoms with Gasteiger partial charge in [0.1, 0.15) is 5.82 Å². The highest BCUT2D eigenvalue weighted by atomic mass is 19.1. The van der Waals surface area contributed by atoms with E-state index in [1.807, 2.05) is 0 Å². The van der Waals surface area contributed by atoms with Crippen molar-refractivity contribution in [3.8, 4) is 0 Å². The van der Waals surface area contributed by atoms with Crippen LogP contribution in [0.2, 0.25) is 0 Å². The lowest BCUT2D eigenvalue weighted by Gasteiger charge is -2.07. The van der Waals surface area contributed by atoms with E-state index in [4.69, 9.17) is 9.47 Å². The summed E-state index contributed by atoms with van der Waals surface area (Å²) in [4.78, 5) is 24.2. The maximum absolute atomic E-state index is 12.9. The van der Waals surface area contributed by atoms with Gasteiger partial charge in [-0.25, -0.2) is 14.0 Å². The lowest BCUT2D eigenvalue weighted by molar-refractivity contribution is 0.0487. The summed E-state index contributed by atoms with van der Waals surface area (Å²) < 4.78 is 23.4. The van der Waals surface area contributed by atoms with Crippen molar-refractivity contribution >= 4 is 11.9 Å². The predicted molar refractivity (Wildman–Crippen MR) is 115 cm³/mol. The minimum Gasteiger partial charge on any atom is -0.462 e. The van der Waals surface area contributed by atoms with Crippen molar-refractivity contribution < 1.29 is 23.5 Å². The second kappa shape index (κ2) is 13.5. The van der Waals surface area contributed by atoms with Gasteiger partial charge in [-0.05, 0) is 48.4 Å². The van der Waals surface area contributed by atoms with Gasteiger partial charge < -0.3 is 9.47 Å². The van der Waals surface area contributed by atoms with E-state index in [2.05, 4.69) is 6.92 Å². The Bertz CT molecular complexity index is 769. The van der Waals surface area contributed by atoms with Crippen molar-refractivity contribution in [2.45, 2.75) is 58.3 Å². The first kappa shape index (κ1) is 23.6. The van der Waals surface area contributed by atoms with Crippen LogP contribution >= 0.6 is 0 Å². The molecular formula is C25H31FO4. The second-order valence-electron chi connectivity index (χ2n) is 7.35. The van der Waals surface area contributed by atoms with Gasteiger partial charge in [-0.3, -0.25) is 0 Å². The highest BCUT2D eigenvalue weighted by Gasteiger charge is 2.11. The number of halogens is 1. The lowest BCUT2D eigenvalue weighted by Crippen LogP contribution is -2.10. The molecule has 5 heteroatoms. The van der Waals surface area contributed by atoms with E-state index >= 15 is 0 Å². The third kappa shape index (κ3) is 8.76. The summed E-state index contributed by atoms with van der Waals surface area (Å²) in [6.45, 7) is 2.82. The normalized spacial score (nSPS) is 10.6. The maximum atomic E-state index is 12.9. The van der Waals surface area contributed by atoms with Crippen LogP contribution in [0.25, 0.3) is 0 Å². The summed E-state index contributed by atoms with van der Waals surface area (Å²) in [6.07, 6.45) is 8.66. The highest BCUT2D eigenvalue weighted by Crippen LogP contribution is 2.10. The average Bonchev–Trinajstić information content (AvgIpc) is 2.77. The fourth-order valence-corrected chi connectivity index (χ4v) is 3.05. The summed E-state index contributed by atoms with van der Waals surface area (Å²) >= 11 is 0. The van der Waals surface area contributed by atoms with E-state index in [1.165, 1.54) is 44.2 Å². The average molecular weight is 415 g/mol. The molecule has 0 atom stereocenters. The molecule has 0 fully saturated rings. The van der Waals surface area contributed by atoms with Gasteiger partial charge in [-0.1, -0.05) is 57.6 Å². The molecular weight excluding hydrogens is 383 g/mol. The number of benzene rings is 2. The van der Waals surface area contributed by atoms with Crippen molar-refractivity contribution in [2.75, 3.05) is 13.2 Å². The summed E-state index contributed by atoms with van der Waals surface area (Å²) in [7, 11) is 0. The molecule has 2 aromatic carbocycles. The predicted octanol–water partition coefficient (Wildman–Crippen LogP) is 6.13. The highest BCUT2D eigenvalue weighted by molar-refractivity contribution is 5.93. The van der Waals surface area contributed by atoms with Crippen molar-refractivity contribution in [1.29, 1.82) is 0 Å². The van der Waals surface area contributed by atoms with E-state index < -0.39 is 5.97 Å². The quantitative estimate of drug-likeness (QED) is 0.292. The first-order chi connectivity index (χ1) is 14.6. The van der Waals surface area contributed by atoms with Crippen LogP contribution in [-0.2, 0) is 15.9 Å². The zero-order valence-electron chi connectivity index (χ0n) is 17.7. The minimum atomic E-state index is -0.458. The standard InChI is InChI=1S/C25H31FO4/c1-2-3-4-5-6-7-8-18-29-24(27)21-11-13-22(14-12-21)25(28)30-19-17-20-9-15-23(26)16-10-20/h9-16H,2-8,17-19H2,1H3. The Kier molecular flexibility index (Phi) is 10.6. The van der Waals surface area contributed by atoms with Gasteiger partial charge in [0, 0.05) is 6.42 Å². The molecule has 0 saturated carbocycles. The number of ether oxygens (including phenoxy) is 2. The van der Waals surface area contributed by atoms with E-state index in [0.717, 1.165) is 18.4 Å². The van der Waals surface area contributed by atoms with Gasteiger partial charge in [0.05, 0.1) is 24.3 Å². The number of carbonyl (C=O) groups excluding carboxylic acids is 2. The summed E-state index contributed by atoms with van der Waals surface area (Å²) in [6, 6.07) is 12.3. The molecule has 30 heavy (non-hydrogen) atoms. The number of unbranched alkanes of at least 4 members (excludes halogenated alkanes) is 6. The number of hydrogen-bond acceptors (Lipinski definition) is 4. The van der Waals surface area contributed by atoms with Crippen molar-refractivity contribution in [3.63, 3.8) is 0 Å². The number of hydrogen-bond donors (Lipinski definition) is 0. The maximum Gasteiger partial charge on any atom is 0.338 e. The fraction of sp³-hybridized carbons (Fsp3) is 0.440. The third-order valence-electron chi connectivity index (χ3n) is 4.87. The van der Waals surface area contributed by atoms with Gasteiger partial charge >= 0.3 is 11.9 Å². The largest absolute Gasteiger partial charge is 0.462 e. The summed E-state index contributed by atoms with van der Waals surface area (Å²) in [5.41, 5.74) is 1.68. The van der Waals surface area contributed by atoms with Crippen LogP contribution in [0.3, 0.4) is 0 Å². The van der Waals surface area contributed by atoms with Gasteiger partial charge in [-0.2, -0.15) is 0 Å². The molecule has 0 N–H and O–H groups in total. The molecule has 0 saturated heterocycles. The monoisotopic (exact) mass is 414 g/mol. The van der Waals surface area contributed by atoms with E-state index in [-0.39, 0.29) is 18.4 Å². The lowest BCUT2D eigenvalue weighted by atomic mass is 10.1. The smallest absolute Gasteiger partial charge is 0.338 e. The van der Waals surface area contributed by atoms with E-state index in [1.54, 1.807) is 36.4 Å². The number of rotatable bonds is 13. The van der Waals surface area contributed by atoms with Crippen LogP contribution in [0, 0.1) is 5.82 Å². The molecule has 0 heterocycles. The zero-order valence-corrected chi connectivity index (χ0v) is 17.7. The number of esters is 2. The zero-order chi connectivity index (χ0) is 21.6. The second-order valence-corrected chi connectivity index (χ2v) is 7.35. The van der Waals surface area contributed by atoms with Crippen LogP contribution in [0.1, 0.15) is 78.1 Å². The molecule has 0 radical (unpaired) electrons. The molecule has 162 valence electrons. The third-order valence-corrected chi connectivity index (χ3v) is 4.87. The molecule has 2 aromatic rings. The van der Waals surface area contributed by atoms with Crippen LogP contribution in [-0.4, -0.2) is 25.2 Å². The molecule has 0 aromatic heterocycles. The molecule has 0 spiro atoms. The van der Waals surface area contributed by atoms with Gasteiger partial charge in [0.2, 0.25) is 0 Å². The van der Waals surface area contributed by atoms with Gasteiger partial charge in [0.25, 0.3) is 0 Å². The summed E-state index contributed by atoms with van der Waals surface area (Å²) in [5, 5.41) is 0. The van der Waals surface area contributed by atoms with Gasteiger partial charge in [-0.15, -0.1) is 0 Å². The SMILES string of the molecule is CCCCCCCCCOC(=O)c1ccc(C(=O)OCCc2ccc(F)cc2)cc1. The van der Waals surface area contributed by atoms with Crippen LogP contribution in [0.15, 0.2) is 48.5 Å². The Hall–Kier alpha value is -2.69. The molecule has 0 unspecified atom stereocenters.